The summed E-state index contributed by atoms with van der Waals surface area (Å²) in [6.07, 6.45) is -14.8. The van der Waals surface area contributed by atoms with E-state index in [2.05, 4.69) is 5.10 Å². The summed E-state index contributed by atoms with van der Waals surface area (Å²) in [5.74, 6) is -3.83. The van der Waals surface area contributed by atoms with Gasteiger partial charge in [-0.15, -0.1) is 0 Å². The second-order valence-electron chi connectivity index (χ2n) is 4.31. The molecule has 20 heavy (non-hydrogen) atoms. The molecule has 0 amide bonds. The summed E-state index contributed by atoms with van der Waals surface area (Å²) in [6, 6.07) is 0. The number of nitrogens with zero attached hydrogens (tertiary/aromatic N) is 2. The second kappa shape index (κ2) is 5.44. The van der Waals surface area contributed by atoms with Crippen molar-refractivity contribution in [1.82, 2.24) is 9.78 Å². The zero-order chi connectivity index (χ0) is 15.9. The molecule has 10 heteroatoms. The Bertz CT molecular complexity index is 467. The number of hydrogen-bond acceptors (Lipinski definition) is 2. The molecule has 0 aliphatic rings. The van der Waals surface area contributed by atoms with E-state index in [4.69, 9.17) is 11.6 Å². The SMILES string of the molecule is Cc1nn(C)c(Cl)c1CC(O)C(C(F)(F)F)C(F)(F)F. The first-order valence-electron chi connectivity index (χ1n) is 5.35. The van der Waals surface area contributed by atoms with Crippen molar-refractivity contribution in [2.75, 3.05) is 0 Å². The van der Waals surface area contributed by atoms with Gasteiger partial charge in [0.15, 0.2) is 5.92 Å². The van der Waals surface area contributed by atoms with Gasteiger partial charge in [0, 0.05) is 19.0 Å². The summed E-state index contributed by atoms with van der Waals surface area (Å²) >= 11 is 5.72. The maximum Gasteiger partial charge on any atom is 0.403 e. The van der Waals surface area contributed by atoms with Crippen molar-refractivity contribution in [3.8, 4) is 0 Å². The number of rotatable bonds is 3. The Morgan fingerprint density at radius 2 is 1.65 bits per heavy atom. The first-order valence-corrected chi connectivity index (χ1v) is 5.73. The van der Waals surface area contributed by atoms with Crippen molar-refractivity contribution < 1.29 is 31.4 Å². The maximum atomic E-state index is 12.4. The molecule has 3 nitrogen and oxygen atoms in total. The first kappa shape index (κ1) is 17.1. The molecule has 0 aromatic carbocycles. The molecule has 0 fully saturated rings. The van der Waals surface area contributed by atoms with Gasteiger partial charge in [-0.25, -0.2) is 0 Å². The normalized spacial score (nSPS) is 14.9. The van der Waals surface area contributed by atoms with Gasteiger partial charge in [-0.1, -0.05) is 11.6 Å². The minimum absolute atomic E-state index is 0.0415. The van der Waals surface area contributed by atoms with Crippen LogP contribution in [-0.2, 0) is 13.5 Å². The van der Waals surface area contributed by atoms with E-state index in [0.717, 1.165) is 4.68 Å². The summed E-state index contributed by atoms with van der Waals surface area (Å²) in [5.41, 5.74) is 0.125. The Morgan fingerprint density at radius 1 is 1.20 bits per heavy atom. The number of aryl methyl sites for hydroxylation is 2. The summed E-state index contributed by atoms with van der Waals surface area (Å²) in [6.45, 7) is 1.38. The average Bonchev–Trinajstić information content (AvgIpc) is 2.40. The highest BCUT2D eigenvalue weighted by Crippen LogP contribution is 2.42. The first-order chi connectivity index (χ1) is 8.85. The van der Waals surface area contributed by atoms with Gasteiger partial charge < -0.3 is 5.11 Å². The van der Waals surface area contributed by atoms with Crippen LogP contribution < -0.4 is 0 Å². The van der Waals surface area contributed by atoms with Crippen LogP contribution in [0.25, 0.3) is 0 Å². The number of aliphatic hydroxyl groups is 1. The van der Waals surface area contributed by atoms with Crippen molar-refractivity contribution in [2.45, 2.75) is 31.8 Å². The van der Waals surface area contributed by atoms with Crippen LogP contribution in [0.15, 0.2) is 0 Å². The van der Waals surface area contributed by atoms with E-state index < -0.39 is 30.8 Å². The lowest BCUT2D eigenvalue weighted by atomic mass is 9.95. The molecule has 116 valence electrons. The van der Waals surface area contributed by atoms with Crippen molar-refractivity contribution in [1.29, 1.82) is 0 Å². The molecule has 0 spiro atoms. The lowest BCUT2D eigenvalue weighted by molar-refractivity contribution is -0.305. The number of aromatic nitrogens is 2. The number of aliphatic hydroxyl groups excluding tert-OH is 1. The van der Waals surface area contributed by atoms with Crippen LogP contribution in [0.4, 0.5) is 26.3 Å². The molecule has 1 heterocycles. The number of alkyl halides is 6. The van der Waals surface area contributed by atoms with Gasteiger partial charge in [-0.05, 0) is 6.92 Å². The average molecular weight is 325 g/mol. The third kappa shape index (κ3) is 3.57. The van der Waals surface area contributed by atoms with E-state index in [-0.39, 0.29) is 16.4 Å². The molecule has 0 bridgehead atoms. The van der Waals surface area contributed by atoms with Crippen molar-refractivity contribution in [3.63, 3.8) is 0 Å². The minimum atomic E-state index is -5.60. The second-order valence-corrected chi connectivity index (χ2v) is 4.67. The molecule has 1 N–H and O–H groups in total. The lowest BCUT2D eigenvalue weighted by Gasteiger charge is -2.27. The molecule has 1 aromatic rings. The van der Waals surface area contributed by atoms with Crippen LogP contribution in [0.2, 0.25) is 5.15 Å². The van der Waals surface area contributed by atoms with E-state index in [1.807, 2.05) is 0 Å². The van der Waals surface area contributed by atoms with Crippen LogP contribution in [0.3, 0.4) is 0 Å². The quantitative estimate of drug-likeness (QED) is 0.868. The molecule has 0 aliphatic heterocycles. The molecule has 1 atom stereocenters. The van der Waals surface area contributed by atoms with Gasteiger partial charge >= 0.3 is 12.4 Å². The molecule has 0 aliphatic carbocycles. The molecular weight excluding hydrogens is 314 g/mol. The summed E-state index contributed by atoms with van der Waals surface area (Å²) in [7, 11) is 1.39. The highest BCUT2D eigenvalue weighted by atomic mass is 35.5. The third-order valence-electron chi connectivity index (χ3n) is 2.77. The summed E-state index contributed by atoms with van der Waals surface area (Å²) in [5, 5.41) is 13.0. The fraction of sp³-hybridized carbons (Fsp3) is 0.700. The predicted molar refractivity (Wildman–Crippen MR) is 58.3 cm³/mol. The minimum Gasteiger partial charge on any atom is -0.392 e. The fourth-order valence-electron chi connectivity index (χ4n) is 1.85. The van der Waals surface area contributed by atoms with Crippen LogP contribution in [0.5, 0.6) is 0 Å². The predicted octanol–water partition coefficient (Wildman–Crippen LogP) is 3.03. The van der Waals surface area contributed by atoms with Crippen molar-refractivity contribution in [2.24, 2.45) is 13.0 Å². The van der Waals surface area contributed by atoms with Gasteiger partial charge in [-0.2, -0.15) is 31.4 Å². The number of halogens is 7. The van der Waals surface area contributed by atoms with Crippen molar-refractivity contribution in [3.05, 3.63) is 16.4 Å². The zero-order valence-electron chi connectivity index (χ0n) is 10.3. The van der Waals surface area contributed by atoms with Crippen LogP contribution in [0, 0.1) is 12.8 Å². The lowest BCUT2D eigenvalue weighted by Crippen LogP contribution is -2.45. The number of hydrogen-bond donors (Lipinski definition) is 1. The monoisotopic (exact) mass is 324 g/mol. The molecule has 0 radical (unpaired) electrons. The van der Waals surface area contributed by atoms with E-state index in [0.29, 0.717) is 0 Å². The van der Waals surface area contributed by atoms with Gasteiger partial charge in [0.1, 0.15) is 5.15 Å². The molecule has 1 unspecified atom stereocenters. The smallest absolute Gasteiger partial charge is 0.392 e. The van der Waals surface area contributed by atoms with E-state index in [1.54, 1.807) is 0 Å². The Hall–Kier alpha value is -0.960. The summed E-state index contributed by atoms with van der Waals surface area (Å²) < 4.78 is 75.8. The van der Waals surface area contributed by atoms with E-state index in [1.165, 1.54) is 14.0 Å². The van der Waals surface area contributed by atoms with Crippen molar-refractivity contribution >= 4 is 11.6 Å². The molecule has 0 saturated carbocycles. The zero-order valence-corrected chi connectivity index (χ0v) is 11.1. The highest BCUT2D eigenvalue weighted by Gasteiger charge is 2.60. The Labute approximate surface area is 115 Å². The Kier molecular flexibility index (Phi) is 4.65. The Balaban J connectivity index is 3.06. The molecule has 1 aromatic heterocycles. The van der Waals surface area contributed by atoms with E-state index >= 15 is 0 Å². The molecule has 1 rings (SSSR count). The van der Waals surface area contributed by atoms with Gasteiger partial charge in [-0.3, -0.25) is 4.68 Å². The largest absolute Gasteiger partial charge is 0.403 e. The molecule has 0 saturated heterocycles. The fourth-order valence-corrected chi connectivity index (χ4v) is 2.11. The topological polar surface area (TPSA) is 38.0 Å². The van der Waals surface area contributed by atoms with Gasteiger partial charge in [0.25, 0.3) is 0 Å². The van der Waals surface area contributed by atoms with Crippen LogP contribution in [-0.4, -0.2) is 33.3 Å². The maximum absolute atomic E-state index is 12.4. The Morgan fingerprint density at radius 3 is 1.95 bits per heavy atom. The van der Waals surface area contributed by atoms with E-state index in [9.17, 15) is 31.4 Å². The van der Waals surface area contributed by atoms with Crippen LogP contribution in [0.1, 0.15) is 11.3 Å². The van der Waals surface area contributed by atoms with Gasteiger partial charge in [0.2, 0.25) is 0 Å². The highest BCUT2D eigenvalue weighted by molar-refractivity contribution is 6.30. The summed E-state index contributed by atoms with van der Waals surface area (Å²) in [4.78, 5) is 0. The molecular formula is C10H11ClF6N2O. The third-order valence-corrected chi connectivity index (χ3v) is 3.25. The van der Waals surface area contributed by atoms with Crippen LogP contribution >= 0.6 is 11.6 Å². The standard InChI is InChI=1S/C10H11ClF6N2O/c1-4-5(8(11)19(2)18-4)3-6(20)7(9(12,13)14)10(15,16)17/h6-7,20H,3H2,1-2H3. The van der Waals surface area contributed by atoms with Gasteiger partial charge in [0.05, 0.1) is 11.8 Å².